The van der Waals surface area contributed by atoms with Crippen LogP contribution in [0.5, 0.6) is 0 Å². The smallest absolute Gasteiger partial charge is 0.303 e. The van der Waals surface area contributed by atoms with Crippen molar-refractivity contribution in [3.8, 4) is 0 Å². The van der Waals surface area contributed by atoms with Gasteiger partial charge in [0.05, 0.1) is 4.91 Å². The molecule has 1 saturated heterocycles. The molecule has 1 amide bonds. The molecule has 0 aromatic carbocycles. The number of thiophene rings is 1. The molecular weight excluding hydrogens is 314 g/mol. The van der Waals surface area contributed by atoms with Crippen LogP contribution in [0.15, 0.2) is 17.0 Å². The average molecular weight is 327 g/mol. The number of aryl methyl sites for hydroxylation is 1. The standard InChI is InChI=1S/C13H13NO3S3/c1-8-4-5-9(19-8)7-10-12(17)14(13(18)20-10)6-2-3-11(15)16/h4-5,7H,2-3,6H2,1H3,(H,15,16)/b10-7+. The number of carboxylic acid groups (broad SMARTS) is 1. The molecule has 0 radical (unpaired) electrons. The first-order valence-corrected chi connectivity index (χ1v) is 8.05. The number of hydrogen-bond acceptors (Lipinski definition) is 5. The van der Waals surface area contributed by atoms with Crippen molar-refractivity contribution in [2.24, 2.45) is 0 Å². The Hall–Kier alpha value is -1.18. The molecular formula is C13H13NO3S3. The highest BCUT2D eigenvalue weighted by atomic mass is 32.2. The lowest BCUT2D eigenvalue weighted by Crippen LogP contribution is -2.29. The predicted octanol–water partition coefficient (Wildman–Crippen LogP) is 3.12. The van der Waals surface area contributed by atoms with E-state index in [2.05, 4.69) is 0 Å². The van der Waals surface area contributed by atoms with Gasteiger partial charge < -0.3 is 5.11 Å². The van der Waals surface area contributed by atoms with Crippen LogP contribution in [0.4, 0.5) is 0 Å². The number of aliphatic carboxylic acids is 1. The van der Waals surface area contributed by atoms with Crippen molar-refractivity contribution in [3.05, 3.63) is 26.8 Å². The molecule has 7 heteroatoms. The summed E-state index contributed by atoms with van der Waals surface area (Å²) in [6.45, 7) is 2.37. The summed E-state index contributed by atoms with van der Waals surface area (Å²) in [7, 11) is 0. The van der Waals surface area contributed by atoms with Crippen LogP contribution in [0, 0.1) is 6.92 Å². The van der Waals surface area contributed by atoms with Gasteiger partial charge >= 0.3 is 5.97 Å². The number of thiocarbonyl (C=S) groups is 1. The first kappa shape index (κ1) is 15.2. The highest BCUT2D eigenvalue weighted by Gasteiger charge is 2.31. The second-order valence-electron chi connectivity index (χ2n) is 4.28. The number of carboxylic acids is 1. The summed E-state index contributed by atoms with van der Waals surface area (Å²) < 4.78 is 0.500. The van der Waals surface area contributed by atoms with Gasteiger partial charge in [0.25, 0.3) is 5.91 Å². The van der Waals surface area contributed by atoms with Crippen LogP contribution in [0.25, 0.3) is 6.08 Å². The quantitative estimate of drug-likeness (QED) is 0.665. The molecule has 1 aliphatic heterocycles. The molecule has 1 aromatic rings. The van der Waals surface area contributed by atoms with Gasteiger partial charge in [-0.3, -0.25) is 14.5 Å². The summed E-state index contributed by atoms with van der Waals surface area (Å²) in [5.74, 6) is -0.989. The van der Waals surface area contributed by atoms with Gasteiger partial charge in [-0.05, 0) is 31.6 Å². The van der Waals surface area contributed by atoms with E-state index in [1.165, 1.54) is 21.5 Å². The van der Waals surface area contributed by atoms with Gasteiger partial charge in [-0.2, -0.15) is 0 Å². The SMILES string of the molecule is Cc1ccc(/C=C2/SC(=S)N(CCCC(=O)O)C2=O)s1. The molecule has 1 aromatic heterocycles. The van der Waals surface area contributed by atoms with Gasteiger partial charge in [0.15, 0.2) is 0 Å². The lowest BCUT2D eigenvalue weighted by molar-refractivity contribution is -0.137. The minimum atomic E-state index is -0.861. The Morgan fingerprint density at radius 2 is 2.25 bits per heavy atom. The Morgan fingerprint density at radius 3 is 2.85 bits per heavy atom. The monoisotopic (exact) mass is 327 g/mol. The van der Waals surface area contributed by atoms with Crippen molar-refractivity contribution in [2.45, 2.75) is 19.8 Å². The van der Waals surface area contributed by atoms with Crippen molar-refractivity contribution < 1.29 is 14.7 Å². The Balaban J connectivity index is 2.04. The van der Waals surface area contributed by atoms with E-state index >= 15 is 0 Å². The molecule has 0 spiro atoms. The van der Waals surface area contributed by atoms with Crippen LogP contribution in [0.1, 0.15) is 22.6 Å². The maximum atomic E-state index is 12.2. The number of carbonyl (C=O) groups excluding carboxylic acids is 1. The molecule has 2 heterocycles. The third-order valence-electron chi connectivity index (χ3n) is 2.68. The number of thioether (sulfide) groups is 1. The first-order chi connectivity index (χ1) is 9.47. The zero-order chi connectivity index (χ0) is 14.7. The largest absolute Gasteiger partial charge is 0.481 e. The summed E-state index contributed by atoms with van der Waals surface area (Å²) in [5, 5.41) is 8.62. The molecule has 1 fully saturated rings. The van der Waals surface area contributed by atoms with Crippen LogP contribution in [-0.2, 0) is 9.59 Å². The van der Waals surface area contributed by atoms with E-state index in [4.69, 9.17) is 17.3 Å². The number of carbonyl (C=O) groups is 2. The summed E-state index contributed by atoms with van der Waals surface area (Å²) in [5.41, 5.74) is 0. The van der Waals surface area contributed by atoms with Gasteiger partial charge in [0, 0.05) is 22.7 Å². The molecule has 1 N–H and O–H groups in total. The Labute approximate surface area is 130 Å². The molecule has 0 atom stereocenters. The predicted molar refractivity (Wildman–Crippen MR) is 85.8 cm³/mol. The zero-order valence-electron chi connectivity index (χ0n) is 10.8. The van der Waals surface area contributed by atoms with E-state index in [1.54, 1.807) is 11.3 Å². The third-order valence-corrected chi connectivity index (χ3v) is 5.01. The Kier molecular flexibility index (Phi) is 4.95. The van der Waals surface area contributed by atoms with Crippen LogP contribution in [0.2, 0.25) is 0 Å². The molecule has 20 heavy (non-hydrogen) atoms. The van der Waals surface area contributed by atoms with Gasteiger partial charge in [0.1, 0.15) is 4.32 Å². The lowest BCUT2D eigenvalue weighted by atomic mass is 10.3. The first-order valence-electron chi connectivity index (χ1n) is 6.01. The normalized spacial score (nSPS) is 17.2. The van der Waals surface area contributed by atoms with Crippen LogP contribution in [0.3, 0.4) is 0 Å². The number of amides is 1. The van der Waals surface area contributed by atoms with E-state index in [1.807, 2.05) is 25.1 Å². The van der Waals surface area contributed by atoms with Gasteiger partial charge in [0.2, 0.25) is 0 Å². The van der Waals surface area contributed by atoms with Gasteiger partial charge in [-0.1, -0.05) is 24.0 Å². The maximum absolute atomic E-state index is 12.2. The minimum Gasteiger partial charge on any atom is -0.481 e. The van der Waals surface area contributed by atoms with E-state index in [9.17, 15) is 9.59 Å². The molecule has 0 unspecified atom stereocenters. The van der Waals surface area contributed by atoms with E-state index < -0.39 is 5.97 Å². The second-order valence-corrected chi connectivity index (χ2v) is 7.27. The van der Waals surface area contributed by atoms with E-state index in [0.29, 0.717) is 22.2 Å². The highest BCUT2D eigenvalue weighted by Crippen LogP contribution is 2.33. The average Bonchev–Trinajstić information content (AvgIpc) is 2.88. The van der Waals surface area contributed by atoms with Crippen molar-refractivity contribution in [2.75, 3.05) is 6.54 Å². The lowest BCUT2D eigenvalue weighted by Gasteiger charge is -2.13. The van der Waals surface area contributed by atoms with Crippen LogP contribution >= 0.6 is 35.3 Å². The summed E-state index contributed by atoms with van der Waals surface area (Å²) in [4.78, 5) is 27.0. The zero-order valence-corrected chi connectivity index (χ0v) is 13.2. The van der Waals surface area contributed by atoms with E-state index in [-0.39, 0.29) is 12.3 Å². The molecule has 1 aliphatic rings. The molecule has 0 aliphatic carbocycles. The summed E-state index contributed by atoms with van der Waals surface area (Å²) in [6.07, 6.45) is 2.29. The van der Waals surface area contributed by atoms with Crippen molar-refractivity contribution in [3.63, 3.8) is 0 Å². The second kappa shape index (κ2) is 6.51. The van der Waals surface area contributed by atoms with Gasteiger partial charge in [-0.15, -0.1) is 11.3 Å². The minimum absolute atomic E-state index is 0.0419. The van der Waals surface area contributed by atoms with Gasteiger partial charge in [-0.25, -0.2) is 0 Å². The molecule has 106 valence electrons. The van der Waals surface area contributed by atoms with Crippen molar-refractivity contribution >= 4 is 57.6 Å². The molecule has 4 nitrogen and oxygen atoms in total. The fourth-order valence-corrected chi connectivity index (χ4v) is 3.94. The van der Waals surface area contributed by atoms with Crippen molar-refractivity contribution in [1.82, 2.24) is 4.90 Å². The maximum Gasteiger partial charge on any atom is 0.303 e. The fourth-order valence-electron chi connectivity index (χ4n) is 1.74. The third kappa shape index (κ3) is 3.68. The summed E-state index contributed by atoms with van der Waals surface area (Å²) >= 11 is 8.07. The molecule has 0 saturated carbocycles. The summed E-state index contributed by atoms with van der Waals surface area (Å²) in [6, 6.07) is 3.97. The fraction of sp³-hybridized carbons (Fsp3) is 0.308. The number of hydrogen-bond donors (Lipinski definition) is 1. The number of nitrogens with zero attached hydrogens (tertiary/aromatic N) is 1. The molecule has 0 bridgehead atoms. The van der Waals surface area contributed by atoms with E-state index in [0.717, 1.165) is 4.88 Å². The number of rotatable bonds is 5. The van der Waals surface area contributed by atoms with Crippen molar-refractivity contribution in [1.29, 1.82) is 0 Å². The van der Waals surface area contributed by atoms with Crippen LogP contribution < -0.4 is 0 Å². The Morgan fingerprint density at radius 1 is 1.50 bits per heavy atom. The topological polar surface area (TPSA) is 57.6 Å². The Bertz CT molecular complexity index is 591. The molecule has 2 rings (SSSR count). The highest BCUT2D eigenvalue weighted by molar-refractivity contribution is 8.26. The van der Waals surface area contributed by atoms with Crippen LogP contribution in [-0.4, -0.2) is 32.7 Å².